The zero-order valence-corrected chi connectivity index (χ0v) is 15.1. The third-order valence-electron chi connectivity index (χ3n) is 5.57. The van der Waals surface area contributed by atoms with Gasteiger partial charge in [-0.15, -0.1) is 0 Å². The van der Waals surface area contributed by atoms with Gasteiger partial charge in [0.25, 0.3) is 0 Å². The fraction of sp³-hybridized carbons (Fsp3) is 0.556. The maximum atomic E-state index is 5.44. The van der Waals surface area contributed by atoms with Crippen molar-refractivity contribution in [3.05, 3.63) is 24.4 Å². The van der Waals surface area contributed by atoms with Crippen LogP contribution in [-0.4, -0.2) is 43.2 Å². The first kappa shape index (κ1) is 15.7. The van der Waals surface area contributed by atoms with Crippen LogP contribution >= 0.6 is 0 Å². The molecule has 3 aromatic rings. The molecule has 0 amide bonds. The number of nitrogens with zero attached hydrogens (tertiary/aromatic N) is 5. The van der Waals surface area contributed by atoms with Crippen LogP contribution in [0.1, 0.15) is 50.9 Å². The van der Waals surface area contributed by atoms with E-state index in [-0.39, 0.29) is 5.41 Å². The van der Waals surface area contributed by atoms with E-state index in [1.54, 1.807) is 6.20 Å². The predicted molar refractivity (Wildman–Crippen MR) is 97.4 cm³/mol. The molecule has 0 bridgehead atoms. The molecule has 1 aliphatic heterocycles. The Balaban J connectivity index is 1.44. The molecule has 0 spiro atoms. The molecule has 0 radical (unpaired) electrons. The van der Waals surface area contributed by atoms with Crippen LogP contribution in [0.5, 0.6) is 0 Å². The van der Waals surface area contributed by atoms with Crippen LogP contribution in [0.25, 0.3) is 11.0 Å². The van der Waals surface area contributed by atoms with E-state index in [1.165, 1.54) is 0 Å². The predicted octanol–water partition coefficient (Wildman–Crippen LogP) is 3.16. The lowest BCUT2D eigenvalue weighted by Gasteiger charge is -2.22. The van der Waals surface area contributed by atoms with Gasteiger partial charge in [-0.25, -0.2) is 9.97 Å². The van der Waals surface area contributed by atoms with Gasteiger partial charge in [-0.3, -0.25) is 9.78 Å². The number of aromatic amines is 1. The standard InChI is InChI=1S/C18H23N7O/c1-18(2)7-13(18)16-22-14-9-19-24-15(14)17(23-16)21-11-8-20-25(10-11)12-3-5-26-6-4-12/h8-10,12-13H,3-7H2,1-2H3,(H,19,24)(H,21,22,23). The largest absolute Gasteiger partial charge is 0.381 e. The summed E-state index contributed by atoms with van der Waals surface area (Å²) in [7, 11) is 0. The lowest BCUT2D eigenvalue weighted by molar-refractivity contribution is 0.0662. The lowest BCUT2D eigenvalue weighted by atomic mass is 10.1. The van der Waals surface area contributed by atoms with Crippen LogP contribution in [0.15, 0.2) is 18.6 Å². The second-order valence-corrected chi connectivity index (χ2v) is 7.98. The van der Waals surface area contributed by atoms with Crippen molar-refractivity contribution in [1.29, 1.82) is 0 Å². The van der Waals surface area contributed by atoms with Gasteiger partial charge >= 0.3 is 0 Å². The quantitative estimate of drug-likeness (QED) is 0.748. The SMILES string of the molecule is CC1(C)CC1c1nc(Nc2cnn(C3CCOCC3)c2)c2[nH]ncc2n1. The van der Waals surface area contributed by atoms with Crippen LogP contribution < -0.4 is 5.32 Å². The molecule has 2 aliphatic rings. The molecule has 8 nitrogen and oxygen atoms in total. The summed E-state index contributed by atoms with van der Waals surface area (Å²) in [5.41, 5.74) is 2.87. The van der Waals surface area contributed by atoms with Gasteiger partial charge < -0.3 is 10.1 Å². The van der Waals surface area contributed by atoms with Crippen LogP contribution in [-0.2, 0) is 4.74 Å². The number of nitrogens with one attached hydrogen (secondary N) is 2. The van der Waals surface area contributed by atoms with Crippen LogP contribution in [0.4, 0.5) is 11.5 Å². The Morgan fingerprint density at radius 1 is 1.23 bits per heavy atom. The minimum Gasteiger partial charge on any atom is -0.381 e. The summed E-state index contributed by atoms with van der Waals surface area (Å²) in [5.74, 6) is 2.06. The summed E-state index contributed by atoms with van der Waals surface area (Å²) in [5, 5.41) is 15.1. The first-order chi connectivity index (χ1) is 12.6. The van der Waals surface area contributed by atoms with Gasteiger partial charge in [-0.05, 0) is 24.7 Å². The van der Waals surface area contributed by atoms with Gasteiger partial charge in [0.15, 0.2) is 5.82 Å². The summed E-state index contributed by atoms with van der Waals surface area (Å²) in [6, 6.07) is 0.402. The van der Waals surface area contributed by atoms with Crippen LogP contribution in [0.3, 0.4) is 0 Å². The maximum Gasteiger partial charge on any atom is 0.160 e. The number of fused-ring (bicyclic) bond motifs is 1. The molecule has 2 fully saturated rings. The fourth-order valence-corrected chi connectivity index (χ4v) is 3.70. The molecule has 8 heteroatoms. The number of hydrogen-bond acceptors (Lipinski definition) is 6. The summed E-state index contributed by atoms with van der Waals surface area (Å²) in [4.78, 5) is 9.49. The van der Waals surface area contributed by atoms with E-state index < -0.39 is 0 Å². The molecule has 26 heavy (non-hydrogen) atoms. The zero-order valence-electron chi connectivity index (χ0n) is 15.1. The van der Waals surface area contributed by atoms with Crippen molar-refractivity contribution in [2.45, 2.75) is 45.1 Å². The van der Waals surface area contributed by atoms with Crippen molar-refractivity contribution >= 4 is 22.5 Å². The lowest BCUT2D eigenvalue weighted by Crippen LogP contribution is -2.19. The summed E-state index contributed by atoms with van der Waals surface area (Å²) >= 11 is 0. The second kappa shape index (κ2) is 5.77. The smallest absolute Gasteiger partial charge is 0.160 e. The van der Waals surface area contributed by atoms with Crippen molar-refractivity contribution in [3.63, 3.8) is 0 Å². The molecular formula is C18H23N7O. The highest BCUT2D eigenvalue weighted by Gasteiger charge is 2.48. The molecule has 5 rings (SSSR count). The summed E-state index contributed by atoms with van der Waals surface area (Å²) in [6.45, 7) is 6.11. The Bertz CT molecular complexity index is 938. The number of ether oxygens (including phenoxy) is 1. The van der Waals surface area contributed by atoms with E-state index in [2.05, 4.69) is 34.5 Å². The Kier molecular flexibility index (Phi) is 3.49. The van der Waals surface area contributed by atoms with Crippen molar-refractivity contribution in [1.82, 2.24) is 29.9 Å². The minimum atomic E-state index is 0.280. The molecule has 1 saturated heterocycles. The van der Waals surface area contributed by atoms with E-state index in [0.717, 1.165) is 60.8 Å². The van der Waals surface area contributed by atoms with E-state index in [0.29, 0.717) is 12.0 Å². The number of rotatable bonds is 4. The average molecular weight is 353 g/mol. The van der Waals surface area contributed by atoms with Gasteiger partial charge in [-0.2, -0.15) is 10.2 Å². The highest BCUT2D eigenvalue weighted by atomic mass is 16.5. The van der Waals surface area contributed by atoms with Gasteiger partial charge in [-0.1, -0.05) is 13.8 Å². The maximum absolute atomic E-state index is 5.44. The van der Waals surface area contributed by atoms with E-state index in [9.17, 15) is 0 Å². The molecule has 0 aromatic carbocycles. The Morgan fingerprint density at radius 3 is 2.81 bits per heavy atom. The number of H-pyrrole nitrogens is 1. The number of aromatic nitrogens is 6. The number of hydrogen-bond donors (Lipinski definition) is 2. The second-order valence-electron chi connectivity index (χ2n) is 7.98. The summed E-state index contributed by atoms with van der Waals surface area (Å²) < 4.78 is 7.47. The monoisotopic (exact) mass is 353 g/mol. The van der Waals surface area contributed by atoms with Crippen molar-refractivity contribution in [2.24, 2.45) is 5.41 Å². The van der Waals surface area contributed by atoms with Gasteiger partial charge in [0, 0.05) is 25.3 Å². The molecule has 1 atom stereocenters. The van der Waals surface area contributed by atoms with E-state index >= 15 is 0 Å². The van der Waals surface area contributed by atoms with Gasteiger partial charge in [0.2, 0.25) is 0 Å². The van der Waals surface area contributed by atoms with Crippen LogP contribution in [0.2, 0.25) is 0 Å². The highest BCUT2D eigenvalue weighted by Crippen LogP contribution is 2.57. The van der Waals surface area contributed by atoms with Crippen LogP contribution in [0, 0.1) is 5.41 Å². The third kappa shape index (κ3) is 2.74. The molecule has 2 N–H and O–H groups in total. The van der Waals surface area contributed by atoms with E-state index in [1.807, 2.05) is 17.1 Å². The van der Waals surface area contributed by atoms with Crippen molar-refractivity contribution < 1.29 is 4.74 Å². The molecule has 1 unspecified atom stereocenters. The fourth-order valence-electron chi connectivity index (χ4n) is 3.70. The Morgan fingerprint density at radius 2 is 2.04 bits per heavy atom. The summed E-state index contributed by atoms with van der Waals surface area (Å²) in [6.07, 6.45) is 8.77. The van der Waals surface area contributed by atoms with Gasteiger partial charge in [0.1, 0.15) is 16.9 Å². The van der Waals surface area contributed by atoms with Crippen molar-refractivity contribution in [3.8, 4) is 0 Å². The van der Waals surface area contributed by atoms with Crippen molar-refractivity contribution in [2.75, 3.05) is 18.5 Å². The Labute approximate surface area is 151 Å². The van der Waals surface area contributed by atoms with Gasteiger partial charge in [0.05, 0.1) is 24.1 Å². The number of anilines is 2. The Hall–Kier alpha value is -2.48. The average Bonchev–Trinajstić information content (AvgIpc) is 3.03. The molecule has 1 aliphatic carbocycles. The third-order valence-corrected chi connectivity index (χ3v) is 5.57. The molecular weight excluding hydrogens is 330 g/mol. The first-order valence-corrected chi connectivity index (χ1v) is 9.20. The van der Waals surface area contributed by atoms with E-state index in [4.69, 9.17) is 14.7 Å². The molecule has 4 heterocycles. The topological polar surface area (TPSA) is 93.5 Å². The normalized spacial score (nSPS) is 22.6. The molecule has 1 saturated carbocycles. The first-order valence-electron chi connectivity index (χ1n) is 9.20. The zero-order chi connectivity index (χ0) is 17.7. The highest BCUT2D eigenvalue weighted by molar-refractivity contribution is 5.86. The minimum absolute atomic E-state index is 0.280. The molecule has 3 aromatic heterocycles. The molecule has 136 valence electrons.